The maximum absolute atomic E-state index is 13.7. The molecule has 2 amide bonds. The van der Waals surface area contributed by atoms with Crippen LogP contribution in [0.25, 0.3) is 0 Å². The van der Waals surface area contributed by atoms with Crippen LogP contribution in [0.3, 0.4) is 0 Å². The molecule has 0 aromatic heterocycles. The second-order valence-electron chi connectivity index (χ2n) is 9.17. The molecule has 9 heteroatoms. The molecule has 7 nitrogen and oxygen atoms in total. The van der Waals surface area contributed by atoms with E-state index in [1.807, 2.05) is 38.1 Å². The van der Waals surface area contributed by atoms with Crippen molar-refractivity contribution < 1.29 is 18.0 Å². The smallest absolute Gasteiger partial charge is 0.244 e. The lowest BCUT2D eigenvalue weighted by molar-refractivity contribution is -0.140. The van der Waals surface area contributed by atoms with E-state index in [0.717, 1.165) is 47.4 Å². The summed E-state index contributed by atoms with van der Waals surface area (Å²) in [5.74, 6) is -0.613. The number of carbonyl (C=O) groups is 2. The van der Waals surface area contributed by atoms with Crippen LogP contribution in [-0.4, -0.2) is 50.0 Å². The summed E-state index contributed by atoms with van der Waals surface area (Å²) < 4.78 is 27.1. The van der Waals surface area contributed by atoms with Gasteiger partial charge in [-0.05, 0) is 49.9 Å². The summed E-state index contributed by atoms with van der Waals surface area (Å²) in [6, 6.07) is 14.0. The van der Waals surface area contributed by atoms with Crippen molar-refractivity contribution in [1.29, 1.82) is 0 Å². The van der Waals surface area contributed by atoms with Crippen LogP contribution < -0.4 is 9.62 Å². The lowest BCUT2D eigenvalue weighted by Crippen LogP contribution is -2.53. The van der Waals surface area contributed by atoms with Crippen molar-refractivity contribution in [3.8, 4) is 0 Å². The van der Waals surface area contributed by atoms with E-state index in [2.05, 4.69) is 21.2 Å². The van der Waals surface area contributed by atoms with Gasteiger partial charge in [-0.2, -0.15) is 0 Å². The molecule has 0 radical (unpaired) electrons. The summed E-state index contributed by atoms with van der Waals surface area (Å²) in [4.78, 5) is 28.5. The van der Waals surface area contributed by atoms with Crippen molar-refractivity contribution in [1.82, 2.24) is 10.2 Å². The molecule has 1 fully saturated rings. The van der Waals surface area contributed by atoms with Gasteiger partial charge < -0.3 is 10.2 Å². The fourth-order valence-corrected chi connectivity index (χ4v) is 5.65. The van der Waals surface area contributed by atoms with E-state index in [9.17, 15) is 18.0 Å². The van der Waals surface area contributed by atoms with E-state index in [-0.39, 0.29) is 18.5 Å². The largest absolute Gasteiger partial charge is 0.352 e. The Morgan fingerprint density at radius 3 is 2.34 bits per heavy atom. The fourth-order valence-electron chi connectivity index (χ4n) is 4.42. The molecule has 0 saturated heterocycles. The molecule has 190 valence electrons. The highest BCUT2D eigenvalue weighted by Crippen LogP contribution is 2.24. The first kappa shape index (κ1) is 27.2. The van der Waals surface area contributed by atoms with E-state index >= 15 is 0 Å². The molecule has 0 unspecified atom stereocenters. The van der Waals surface area contributed by atoms with E-state index in [1.165, 1.54) is 4.90 Å². The van der Waals surface area contributed by atoms with E-state index < -0.39 is 28.5 Å². The molecule has 0 aliphatic heterocycles. The second-order valence-corrected chi connectivity index (χ2v) is 12.0. The standard InChI is InChI=1S/C26H34BrN3O4S/c1-4-24(26(32)28-22-9-5-6-10-22)29(17-20-14-12-19(2)13-15-20)25(31)18-30(35(3,33)34)23-11-7-8-21(27)16-23/h7-8,11-16,22,24H,4-6,9-10,17-18H2,1-3H3,(H,28,32)/t24-/m1/s1. The molecule has 1 atom stereocenters. The maximum atomic E-state index is 13.7. The highest BCUT2D eigenvalue weighted by atomic mass is 79.9. The van der Waals surface area contributed by atoms with Gasteiger partial charge in [-0.1, -0.05) is 71.6 Å². The van der Waals surface area contributed by atoms with E-state index in [1.54, 1.807) is 24.3 Å². The van der Waals surface area contributed by atoms with Crippen LogP contribution in [0.1, 0.15) is 50.2 Å². The monoisotopic (exact) mass is 563 g/mol. The van der Waals surface area contributed by atoms with Crippen LogP contribution in [0.5, 0.6) is 0 Å². The molecule has 1 aliphatic carbocycles. The van der Waals surface area contributed by atoms with Gasteiger partial charge in [-0.3, -0.25) is 13.9 Å². The number of benzene rings is 2. The number of halogens is 1. The highest BCUT2D eigenvalue weighted by Gasteiger charge is 2.33. The Hall–Kier alpha value is -2.39. The lowest BCUT2D eigenvalue weighted by Gasteiger charge is -2.33. The fraction of sp³-hybridized carbons (Fsp3) is 0.462. The Labute approximate surface area is 217 Å². The van der Waals surface area contributed by atoms with Gasteiger partial charge in [0.25, 0.3) is 0 Å². The van der Waals surface area contributed by atoms with Crippen molar-refractivity contribution in [3.05, 3.63) is 64.1 Å². The zero-order valence-electron chi connectivity index (χ0n) is 20.5. The van der Waals surface area contributed by atoms with Gasteiger partial charge in [0.05, 0.1) is 11.9 Å². The lowest BCUT2D eigenvalue weighted by atomic mass is 10.1. The van der Waals surface area contributed by atoms with E-state index in [4.69, 9.17) is 0 Å². The number of hydrogen-bond donors (Lipinski definition) is 1. The van der Waals surface area contributed by atoms with Gasteiger partial charge in [-0.25, -0.2) is 8.42 Å². The predicted molar refractivity (Wildman–Crippen MR) is 143 cm³/mol. The summed E-state index contributed by atoms with van der Waals surface area (Å²) in [7, 11) is -3.75. The minimum Gasteiger partial charge on any atom is -0.352 e. The quantitative estimate of drug-likeness (QED) is 0.464. The Morgan fingerprint density at radius 2 is 1.77 bits per heavy atom. The third kappa shape index (κ3) is 7.54. The molecule has 0 bridgehead atoms. The number of aryl methyl sites for hydroxylation is 1. The molecule has 3 rings (SSSR count). The Balaban J connectivity index is 1.91. The molecule has 1 aliphatic rings. The average molecular weight is 565 g/mol. The van der Waals surface area contributed by atoms with Crippen molar-refractivity contribution in [2.45, 2.75) is 64.6 Å². The Kier molecular flexibility index (Phi) is 9.35. The first-order valence-corrected chi connectivity index (χ1v) is 14.6. The van der Waals surface area contributed by atoms with Crippen molar-refractivity contribution >= 4 is 43.5 Å². The summed E-state index contributed by atoms with van der Waals surface area (Å²) in [5.41, 5.74) is 2.36. The number of nitrogens with one attached hydrogen (secondary N) is 1. The van der Waals surface area contributed by atoms with E-state index in [0.29, 0.717) is 16.6 Å². The van der Waals surface area contributed by atoms with Crippen molar-refractivity contribution in [3.63, 3.8) is 0 Å². The first-order chi connectivity index (χ1) is 16.6. The van der Waals surface area contributed by atoms with Crippen molar-refractivity contribution in [2.75, 3.05) is 17.1 Å². The molecule has 0 heterocycles. The SMILES string of the molecule is CC[C@H](C(=O)NC1CCCC1)N(Cc1ccc(C)cc1)C(=O)CN(c1cccc(Br)c1)S(C)(=O)=O. The number of rotatable bonds is 10. The molecular formula is C26H34BrN3O4S. The normalized spacial score (nSPS) is 15.0. The zero-order chi connectivity index (χ0) is 25.6. The zero-order valence-corrected chi connectivity index (χ0v) is 22.9. The van der Waals surface area contributed by atoms with Gasteiger partial charge in [-0.15, -0.1) is 0 Å². The van der Waals surface area contributed by atoms with Gasteiger partial charge in [0.2, 0.25) is 21.8 Å². The van der Waals surface area contributed by atoms with Crippen LogP contribution in [0, 0.1) is 6.92 Å². The third-order valence-electron chi connectivity index (χ3n) is 6.34. The second kappa shape index (κ2) is 12.0. The highest BCUT2D eigenvalue weighted by molar-refractivity contribution is 9.10. The molecular weight excluding hydrogens is 530 g/mol. The number of amides is 2. The molecule has 2 aromatic carbocycles. The molecule has 2 aromatic rings. The molecule has 1 saturated carbocycles. The van der Waals surface area contributed by atoms with Crippen LogP contribution in [0.4, 0.5) is 5.69 Å². The maximum Gasteiger partial charge on any atom is 0.244 e. The van der Waals surface area contributed by atoms with Crippen LogP contribution >= 0.6 is 15.9 Å². The number of sulfonamides is 1. The number of nitrogens with zero attached hydrogens (tertiary/aromatic N) is 2. The van der Waals surface area contributed by atoms with Gasteiger partial charge in [0, 0.05) is 17.1 Å². The Bertz CT molecular complexity index is 1130. The predicted octanol–water partition coefficient (Wildman–Crippen LogP) is 4.39. The van der Waals surface area contributed by atoms with Crippen molar-refractivity contribution in [2.24, 2.45) is 0 Å². The number of anilines is 1. The number of carbonyl (C=O) groups excluding carboxylic acids is 2. The van der Waals surface area contributed by atoms with Gasteiger partial charge in [0.15, 0.2) is 0 Å². The minimum atomic E-state index is -3.75. The summed E-state index contributed by atoms with van der Waals surface area (Å²) >= 11 is 3.37. The summed E-state index contributed by atoms with van der Waals surface area (Å²) in [6.45, 7) is 3.68. The van der Waals surface area contributed by atoms with Gasteiger partial charge >= 0.3 is 0 Å². The molecule has 1 N–H and O–H groups in total. The minimum absolute atomic E-state index is 0.127. The van der Waals surface area contributed by atoms with Crippen LogP contribution in [0.15, 0.2) is 53.0 Å². The van der Waals surface area contributed by atoms with Crippen LogP contribution in [0.2, 0.25) is 0 Å². The van der Waals surface area contributed by atoms with Crippen LogP contribution in [-0.2, 0) is 26.2 Å². The molecule has 35 heavy (non-hydrogen) atoms. The topological polar surface area (TPSA) is 86.8 Å². The summed E-state index contributed by atoms with van der Waals surface area (Å²) in [5, 5.41) is 3.11. The average Bonchev–Trinajstić information content (AvgIpc) is 3.30. The first-order valence-electron chi connectivity index (χ1n) is 12.0. The van der Waals surface area contributed by atoms with Gasteiger partial charge in [0.1, 0.15) is 12.6 Å². The summed E-state index contributed by atoms with van der Waals surface area (Å²) in [6.07, 6.45) is 5.56. The third-order valence-corrected chi connectivity index (χ3v) is 7.97. The Morgan fingerprint density at radius 1 is 1.11 bits per heavy atom. The molecule has 0 spiro atoms. The number of hydrogen-bond acceptors (Lipinski definition) is 4.